The van der Waals surface area contributed by atoms with Crippen LogP contribution >= 0.6 is 15.9 Å². The zero-order valence-corrected chi connectivity index (χ0v) is 12.1. The quantitative estimate of drug-likeness (QED) is 0.785. The van der Waals surface area contributed by atoms with E-state index >= 15 is 0 Å². The summed E-state index contributed by atoms with van der Waals surface area (Å²) in [5, 5.41) is 0. The van der Waals surface area contributed by atoms with Crippen LogP contribution in [-0.4, -0.2) is 12.8 Å². The SMILES string of the molecule is O=Cc1ccc(N2CCc3ccccc3C2)c(Br)c1. The predicted octanol–water partition coefficient (Wildman–Crippen LogP) is 3.82. The molecule has 0 spiro atoms. The van der Waals surface area contributed by atoms with Gasteiger partial charge in [0.2, 0.25) is 0 Å². The monoisotopic (exact) mass is 315 g/mol. The predicted molar refractivity (Wildman–Crippen MR) is 80.7 cm³/mol. The highest BCUT2D eigenvalue weighted by Crippen LogP contribution is 2.31. The van der Waals surface area contributed by atoms with Crippen molar-refractivity contribution in [1.82, 2.24) is 0 Å². The lowest BCUT2D eigenvalue weighted by Gasteiger charge is -2.31. The van der Waals surface area contributed by atoms with Gasteiger partial charge in [0, 0.05) is 23.1 Å². The lowest BCUT2D eigenvalue weighted by atomic mass is 9.99. The number of carbonyl (C=O) groups excluding carboxylic acids is 1. The normalized spacial score (nSPS) is 14.1. The summed E-state index contributed by atoms with van der Waals surface area (Å²) in [6, 6.07) is 14.3. The molecular formula is C16H14BrNO. The number of nitrogens with zero attached hydrogens (tertiary/aromatic N) is 1. The highest BCUT2D eigenvalue weighted by molar-refractivity contribution is 9.10. The summed E-state index contributed by atoms with van der Waals surface area (Å²) < 4.78 is 0.983. The van der Waals surface area contributed by atoms with Crippen molar-refractivity contribution < 1.29 is 4.79 Å². The van der Waals surface area contributed by atoms with E-state index in [0.717, 1.165) is 36.0 Å². The average molecular weight is 316 g/mol. The molecule has 2 aromatic carbocycles. The summed E-state index contributed by atoms with van der Waals surface area (Å²) in [7, 11) is 0. The molecule has 0 fully saturated rings. The number of hydrogen-bond donors (Lipinski definition) is 0. The van der Waals surface area contributed by atoms with Crippen LogP contribution in [0.3, 0.4) is 0 Å². The Kier molecular flexibility index (Phi) is 3.38. The Bertz CT molecular complexity index is 624. The van der Waals surface area contributed by atoms with Crippen LogP contribution < -0.4 is 4.90 Å². The van der Waals surface area contributed by atoms with Crippen molar-refractivity contribution in [2.24, 2.45) is 0 Å². The fourth-order valence-corrected chi connectivity index (χ4v) is 3.20. The van der Waals surface area contributed by atoms with Gasteiger partial charge in [0.1, 0.15) is 6.29 Å². The smallest absolute Gasteiger partial charge is 0.150 e. The topological polar surface area (TPSA) is 20.3 Å². The van der Waals surface area contributed by atoms with Crippen molar-refractivity contribution in [1.29, 1.82) is 0 Å². The van der Waals surface area contributed by atoms with E-state index < -0.39 is 0 Å². The van der Waals surface area contributed by atoms with E-state index in [1.165, 1.54) is 11.1 Å². The summed E-state index contributed by atoms with van der Waals surface area (Å²) in [6.07, 6.45) is 1.94. The summed E-state index contributed by atoms with van der Waals surface area (Å²) in [6.45, 7) is 1.94. The van der Waals surface area contributed by atoms with Gasteiger partial charge in [0.15, 0.2) is 0 Å². The molecule has 3 rings (SSSR count). The molecule has 0 atom stereocenters. The van der Waals surface area contributed by atoms with Gasteiger partial charge in [-0.3, -0.25) is 4.79 Å². The Hall–Kier alpha value is -1.61. The highest BCUT2D eigenvalue weighted by Gasteiger charge is 2.17. The van der Waals surface area contributed by atoms with Crippen LogP contribution in [0.2, 0.25) is 0 Å². The van der Waals surface area contributed by atoms with Crippen molar-refractivity contribution in [2.75, 3.05) is 11.4 Å². The van der Waals surface area contributed by atoms with E-state index in [2.05, 4.69) is 45.1 Å². The average Bonchev–Trinajstić information content (AvgIpc) is 2.46. The van der Waals surface area contributed by atoms with Crippen LogP contribution in [-0.2, 0) is 13.0 Å². The summed E-state index contributed by atoms with van der Waals surface area (Å²) in [5.74, 6) is 0. The molecule has 1 aliphatic rings. The zero-order valence-electron chi connectivity index (χ0n) is 10.5. The molecule has 19 heavy (non-hydrogen) atoms. The number of carbonyl (C=O) groups is 1. The van der Waals surface area contributed by atoms with E-state index in [9.17, 15) is 4.79 Å². The third kappa shape index (κ3) is 2.43. The maximum absolute atomic E-state index is 10.8. The maximum Gasteiger partial charge on any atom is 0.150 e. The minimum absolute atomic E-state index is 0.702. The van der Waals surface area contributed by atoms with Crippen molar-refractivity contribution in [3.63, 3.8) is 0 Å². The number of benzene rings is 2. The van der Waals surface area contributed by atoms with E-state index in [-0.39, 0.29) is 0 Å². The minimum Gasteiger partial charge on any atom is -0.366 e. The second-order valence-corrected chi connectivity index (χ2v) is 5.62. The number of fused-ring (bicyclic) bond motifs is 1. The maximum atomic E-state index is 10.8. The first-order valence-electron chi connectivity index (χ1n) is 6.34. The molecule has 0 bridgehead atoms. The van der Waals surface area contributed by atoms with Gasteiger partial charge in [0.25, 0.3) is 0 Å². The number of hydrogen-bond acceptors (Lipinski definition) is 2. The third-order valence-corrected chi connectivity index (χ3v) is 4.21. The third-order valence-electron chi connectivity index (χ3n) is 3.58. The molecule has 0 aliphatic carbocycles. The molecule has 2 aromatic rings. The van der Waals surface area contributed by atoms with E-state index in [4.69, 9.17) is 0 Å². The van der Waals surface area contributed by atoms with Crippen molar-refractivity contribution in [3.8, 4) is 0 Å². The van der Waals surface area contributed by atoms with E-state index in [1.54, 1.807) is 0 Å². The molecule has 0 saturated heterocycles. The van der Waals surface area contributed by atoms with Crippen LogP contribution in [0, 0.1) is 0 Å². The second kappa shape index (κ2) is 5.17. The molecule has 1 aliphatic heterocycles. The van der Waals surface area contributed by atoms with Gasteiger partial charge >= 0.3 is 0 Å². The van der Waals surface area contributed by atoms with Crippen molar-refractivity contribution >= 4 is 27.9 Å². The second-order valence-electron chi connectivity index (χ2n) is 4.77. The molecule has 0 amide bonds. The minimum atomic E-state index is 0.702. The van der Waals surface area contributed by atoms with Gasteiger partial charge in [-0.15, -0.1) is 0 Å². The lowest BCUT2D eigenvalue weighted by molar-refractivity contribution is 0.112. The number of halogens is 1. The largest absolute Gasteiger partial charge is 0.366 e. The molecule has 0 N–H and O–H groups in total. The number of rotatable bonds is 2. The summed E-state index contributed by atoms with van der Waals surface area (Å²) in [5.41, 5.74) is 4.69. The van der Waals surface area contributed by atoms with Gasteiger partial charge < -0.3 is 4.90 Å². The highest BCUT2D eigenvalue weighted by atomic mass is 79.9. The van der Waals surface area contributed by atoms with Gasteiger partial charge in [0.05, 0.1) is 5.69 Å². The molecule has 1 heterocycles. The molecule has 0 aromatic heterocycles. The molecule has 2 nitrogen and oxygen atoms in total. The molecular weight excluding hydrogens is 302 g/mol. The fraction of sp³-hybridized carbons (Fsp3) is 0.188. The Morgan fingerprint density at radius 3 is 2.63 bits per heavy atom. The van der Waals surface area contributed by atoms with Crippen LogP contribution in [0.25, 0.3) is 0 Å². The summed E-state index contributed by atoms with van der Waals surface area (Å²) in [4.78, 5) is 13.1. The molecule has 0 radical (unpaired) electrons. The molecule has 3 heteroatoms. The van der Waals surface area contributed by atoms with Gasteiger partial charge in [-0.2, -0.15) is 0 Å². The fourth-order valence-electron chi connectivity index (χ4n) is 2.55. The lowest BCUT2D eigenvalue weighted by Crippen LogP contribution is -2.30. The number of aldehydes is 1. The molecule has 0 saturated carbocycles. The Morgan fingerprint density at radius 2 is 1.89 bits per heavy atom. The first kappa shape index (κ1) is 12.4. The van der Waals surface area contributed by atoms with Crippen LogP contribution in [0.1, 0.15) is 21.5 Å². The Labute approximate surface area is 121 Å². The van der Waals surface area contributed by atoms with Gasteiger partial charge in [-0.1, -0.05) is 24.3 Å². The van der Waals surface area contributed by atoms with Crippen molar-refractivity contribution in [2.45, 2.75) is 13.0 Å². The van der Waals surface area contributed by atoms with Crippen molar-refractivity contribution in [3.05, 3.63) is 63.6 Å². The first-order valence-corrected chi connectivity index (χ1v) is 7.13. The Morgan fingerprint density at radius 1 is 1.11 bits per heavy atom. The van der Waals surface area contributed by atoms with E-state index in [1.807, 2.05) is 18.2 Å². The standard InChI is InChI=1S/C16H14BrNO/c17-15-9-12(11-19)5-6-16(15)18-8-7-13-3-1-2-4-14(13)10-18/h1-6,9,11H,7-8,10H2. The molecule has 0 unspecified atom stereocenters. The van der Waals surface area contributed by atoms with Crippen LogP contribution in [0.4, 0.5) is 5.69 Å². The molecule has 96 valence electrons. The van der Waals surface area contributed by atoms with E-state index in [0.29, 0.717) is 5.56 Å². The number of anilines is 1. The van der Waals surface area contributed by atoms with Gasteiger partial charge in [-0.05, 0) is 51.7 Å². The van der Waals surface area contributed by atoms with Gasteiger partial charge in [-0.25, -0.2) is 0 Å². The Balaban J connectivity index is 1.91. The van der Waals surface area contributed by atoms with Crippen LogP contribution in [0.5, 0.6) is 0 Å². The van der Waals surface area contributed by atoms with Crippen LogP contribution in [0.15, 0.2) is 46.9 Å². The summed E-state index contributed by atoms with van der Waals surface area (Å²) >= 11 is 3.56. The first-order chi connectivity index (χ1) is 9.28. The zero-order chi connectivity index (χ0) is 13.2.